The summed E-state index contributed by atoms with van der Waals surface area (Å²) in [5.41, 5.74) is 5.05. The van der Waals surface area contributed by atoms with Gasteiger partial charge in [-0.1, -0.05) is 29.8 Å². The van der Waals surface area contributed by atoms with E-state index in [1.807, 2.05) is 35.5 Å². The van der Waals surface area contributed by atoms with E-state index in [0.717, 1.165) is 17.8 Å². The van der Waals surface area contributed by atoms with Crippen molar-refractivity contribution in [3.05, 3.63) is 71.3 Å². The SMILES string of the molecule is CCn1ncc(/C=C/C(=O)Nc2cnn(Cc3cccc(C)c3)c2)c1C. The molecular formula is C20H23N5O. The fourth-order valence-corrected chi connectivity index (χ4v) is 2.80. The summed E-state index contributed by atoms with van der Waals surface area (Å²) in [6.07, 6.45) is 8.54. The molecule has 0 bridgehead atoms. The first-order valence-electron chi connectivity index (χ1n) is 8.64. The number of benzene rings is 1. The summed E-state index contributed by atoms with van der Waals surface area (Å²) in [6.45, 7) is 7.57. The number of aromatic nitrogens is 4. The normalized spacial score (nSPS) is 11.2. The second kappa shape index (κ2) is 7.82. The highest BCUT2D eigenvalue weighted by molar-refractivity contribution is 6.01. The Balaban J connectivity index is 1.60. The third-order valence-electron chi connectivity index (χ3n) is 4.18. The first-order chi connectivity index (χ1) is 12.5. The number of hydrogen-bond donors (Lipinski definition) is 1. The average Bonchev–Trinajstić information content (AvgIpc) is 3.19. The zero-order chi connectivity index (χ0) is 18.5. The van der Waals surface area contributed by atoms with E-state index in [9.17, 15) is 4.79 Å². The predicted molar refractivity (Wildman–Crippen MR) is 103 cm³/mol. The van der Waals surface area contributed by atoms with Gasteiger partial charge in [-0.05, 0) is 32.4 Å². The molecule has 3 aromatic rings. The van der Waals surface area contributed by atoms with Crippen LogP contribution in [0.25, 0.3) is 6.08 Å². The van der Waals surface area contributed by atoms with Gasteiger partial charge in [-0.15, -0.1) is 0 Å². The van der Waals surface area contributed by atoms with Gasteiger partial charge in [-0.3, -0.25) is 14.2 Å². The molecule has 0 fully saturated rings. The highest BCUT2D eigenvalue weighted by Gasteiger charge is 2.05. The van der Waals surface area contributed by atoms with E-state index in [-0.39, 0.29) is 5.91 Å². The third kappa shape index (κ3) is 4.27. The van der Waals surface area contributed by atoms with Crippen molar-refractivity contribution in [1.82, 2.24) is 19.6 Å². The van der Waals surface area contributed by atoms with E-state index in [0.29, 0.717) is 12.2 Å². The molecule has 6 heteroatoms. The number of hydrogen-bond acceptors (Lipinski definition) is 3. The van der Waals surface area contributed by atoms with Gasteiger partial charge in [0.2, 0.25) is 5.91 Å². The van der Waals surface area contributed by atoms with Crippen LogP contribution in [0.1, 0.15) is 29.3 Å². The number of carbonyl (C=O) groups excluding carboxylic acids is 1. The van der Waals surface area contributed by atoms with Crippen LogP contribution in [0.5, 0.6) is 0 Å². The van der Waals surface area contributed by atoms with Crippen molar-refractivity contribution in [2.45, 2.75) is 33.9 Å². The smallest absolute Gasteiger partial charge is 0.248 e. The van der Waals surface area contributed by atoms with Crippen molar-refractivity contribution in [2.75, 3.05) is 5.32 Å². The lowest BCUT2D eigenvalue weighted by Gasteiger charge is -2.02. The molecule has 0 unspecified atom stereocenters. The van der Waals surface area contributed by atoms with Gasteiger partial charge >= 0.3 is 0 Å². The average molecular weight is 349 g/mol. The van der Waals surface area contributed by atoms with Crippen LogP contribution in [0.3, 0.4) is 0 Å². The number of nitrogens with zero attached hydrogens (tertiary/aromatic N) is 4. The molecule has 2 aromatic heterocycles. The molecule has 6 nitrogen and oxygen atoms in total. The maximum absolute atomic E-state index is 12.1. The van der Waals surface area contributed by atoms with Gasteiger partial charge in [0, 0.05) is 30.1 Å². The van der Waals surface area contributed by atoms with Crippen molar-refractivity contribution >= 4 is 17.7 Å². The van der Waals surface area contributed by atoms with Gasteiger partial charge in [-0.2, -0.15) is 10.2 Å². The highest BCUT2D eigenvalue weighted by atomic mass is 16.1. The van der Waals surface area contributed by atoms with E-state index < -0.39 is 0 Å². The minimum atomic E-state index is -0.191. The molecule has 1 amide bonds. The van der Waals surface area contributed by atoms with Crippen LogP contribution in [0.2, 0.25) is 0 Å². The summed E-state index contributed by atoms with van der Waals surface area (Å²) in [4.78, 5) is 12.1. The zero-order valence-corrected chi connectivity index (χ0v) is 15.3. The van der Waals surface area contributed by atoms with Crippen molar-refractivity contribution in [3.63, 3.8) is 0 Å². The van der Waals surface area contributed by atoms with E-state index in [1.165, 1.54) is 17.2 Å². The van der Waals surface area contributed by atoms with Gasteiger partial charge in [0.15, 0.2) is 0 Å². The molecule has 26 heavy (non-hydrogen) atoms. The van der Waals surface area contributed by atoms with Crippen molar-refractivity contribution in [2.24, 2.45) is 0 Å². The first kappa shape index (κ1) is 17.7. The zero-order valence-electron chi connectivity index (χ0n) is 15.3. The van der Waals surface area contributed by atoms with Crippen molar-refractivity contribution < 1.29 is 4.79 Å². The Morgan fingerprint density at radius 1 is 1.23 bits per heavy atom. The van der Waals surface area contributed by atoms with E-state index >= 15 is 0 Å². The topological polar surface area (TPSA) is 64.7 Å². The lowest BCUT2D eigenvalue weighted by molar-refractivity contribution is -0.111. The van der Waals surface area contributed by atoms with Crippen LogP contribution < -0.4 is 5.32 Å². The second-order valence-electron chi connectivity index (χ2n) is 6.24. The molecule has 3 rings (SSSR count). The minimum absolute atomic E-state index is 0.191. The molecule has 1 N–H and O–H groups in total. The van der Waals surface area contributed by atoms with Crippen LogP contribution in [0.15, 0.2) is 48.9 Å². The summed E-state index contributed by atoms with van der Waals surface area (Å²) >= 11 is 0. The molecule has 0 aliphatic rings. The monoisotopic (exact) mass is 349 g/mol. The van der Waals surface area contributed by atoms with Crippen LogP contribution in [0.4, 0.5) is 5.69 Å². The molecule has 2 heterocycles. The molecule has 0 saturated carbocycles. The summed E-state index contributed by atoms with van der Waals surface area (Å²) in [7, 11) is 0. The fraction of sp³-hybridized carbons (Fsp3) is 0.250. The summed E-state index contributed by atoms with van der Waals surface area (Å²) < 4.78 is 3.70. The van der Waals surface area contributed by atoms with Crippen LogP contribution in [-0.4, -0.2) is 25.5 Å². The molecule has 0 radical (unpaired) electrons. The van der Waals surface area contributed by atoms with Gasteiger partial charge in [0.25, 0.3) is 0 Å². The molecule has 1 aromatic carbocycles. The summed E-state index contributed by atoms with van der Waals surface area (Å²) in [5, 5.41) is 11.4. The van der Waals surface area contributed by atoms with Gasteiger partial charge in [0.05, 0.1) is 24.6 Å². The summed E-state index contributed by atoms with van der Waals surface area (Å²) in [6, 6.07) is 8.29. The van der Waals surface area contributed by atoms with Crippen molar-refractivity contribution in [3.8, 4) is 0 Å². The standard InChI is InChI=1S/C20H23N5O/c1-4-25-16(3)18(11-22-25)8-9-20(26)23-19-12-21-24(14-19)13-17-7-5-6-15(2)10-17/h5-12,14H,4,13H2,1-3H3,(H,23,26)/b9-8+. The molecular weight excluding hydrogens is 326 g/mol. The number of nitrogens with one attached hydrogen (secondary N) is 1. The number of amides is 1. The Labute approximate surface area is 153 Å². The Bertz CT molecular complexity index is 935. The maximum Gasteiger partial charge on any atom is 0.248 e. The largest absolute Gasteiger partial charge is 0.320 e. The van der Waals surface area contributed by atoms with Crippen molar-refractivity contribution in [1.29, 1.82) is 0 Å². The third-order valence-corrected chi connectivity index (χ3v) is 4.18. The molecule has 0 atom stereocenters. The Hall–Kier alpha value is -3.15. The number of anilines is 1. The van der Waals surface area contributed by atoms with Crippen LogP contribution >= 0.6 is 0 Å². The predicted octanol–water partition coefficient (Wildman–Crippen LogP) is 3.42. The van der Waals surface area contributed by atoms with Gasteiger partial charge < -0.3 is 5.32 Å². The van der Waals surface area contributed by atoms with Crippen LogP contribution in [-0.2, 0) is 17.9 Å². The number of aryl methyl sites for hydroxylation is 2. The Morgan fingerprint density at radius 3 is 2.81 bits per heavy atom. The van der Waals surface area contributed by atoms with E-state index in [4.69, 9.17) is 0 Å². The maximum atomic E-state index is 12.1. The molecule has 0 spiro atoms. The minimum Gasteiger partial charge on any atom is -0.320 e. The lowest BCUT2D eigenvalue weighted by Crippen LogP contribution is -2.07. The molecule has 0 aliphatic heterocycles. The van der Waals surface area contributed by atoms with Gasteiger partial charge in [-0.25, -0.2) is 0 Å². The highest BCUT2D eigenvalue weighted by Crippen LogP contribution is 2.11. The number of rotatable bonds is 6. The van der Waals surface area contributed by atoms with E-state index in [1.54, 1.807) is 18.5 Å². The Morgan fingerprint density at radius 2 is 2.08 bits per heavy atom. The second-order valence-corrected chi connectivity index (χ2v) is 6.24. The Kier molecular flexibility index (Phi) is 5.31. The number of carbonyl (C=O) groups is 1. The van der Waals surface area contributed by atoms with E-state index in [2.05, 4.69) is 40.6 Å². The van der Waals surface area contributed by atoms with Gasteiger partial charge in [0.1, 0.15) is 0 Å². The fourth-order valence-electron chi connectivity index (χ4n) is 2.80. The lowest BCUT2D eigenvalue weighted by atomic mass is 10.1. The quantitative estimate of drug-likeness (QED) is 0.694. The molecule has 134 valence electrons. The molecule has 0 saturated heterocycles. The first-order valence-corrected chi connectivity index (χ1v) is 8.64. The molecule has 0 aliphatic carbocycles. The summed E-state index contributed by atoms with van der Waals surface area (Å²) in [5.74, 6) is -0.191. The van der Waals surface area contributed by atoms with Crippen LogP contribution in [0, 0.1) is 13.8 Å².